The third kappa shape index (κ3) is 3.46. The molecule has 0 saturated carbocycles. The highest BCUT2D eigenvalue weighted by atomic mass is 35.5. The van der Waals surface area contributed by atoms with Crippen LogP contribution in [0.5, 0.6) is 11.5 Å². The van der Waals surface area contributed by atoms with Gasteiger partial charge in [-0.3, -0.25) is 4.79 Å². The summed E-state index contributed by atoms with van der Waals surface area (Å²) in [5.74, 6) is 2.07. The number of aromatic nitrogens is 2. The summed E-state index contributed by atoms with van der Waals surface area (Å²) in [5, 5.41) is 0.146. The average Bonchev–Trinajstić information content (AvgIpc) is 2.74. The number of amides is 1. The quantitative estimate of drug-likeness (QED) is 0.778. The van der Waals surface area contributed by atoms with Crippen LogP contribution in [0.25, 0.3) is 0 Å². The molecule has 132 valence electrons. The number of fused-ring (bicyclic) bond motifs is 1. The predicted octanol–water partition coefficient (Wildman–Crippen LogP) is 2.52. The summed E-state index contributed by atoms with van der Waals surface area (Å²) < 4.78 is 10.7. The zero-order valence-electron chi connectivity index (χ0n) is 14.3. The molecular weight excluding hydrogens is 344 g/mol. The Morgan fingerprint density at radius 2 is 2.08 bits per heavy atom. The molecule has 2 heterocycles. The zero-order chi connectivity index (χ0) is 18.0. The van der Waals surface area contributed by atoms with Crippen LogP contribution in [0.2, 0.25) is 5.28 Å². The molecule has 0 atom stereocenters. The van der Waals surface area contributed by atoms with Crippen LogP contribution in [0, 0.1) is 0 Å². The van der Waals surface area contributed by atoms with Gasteiger partial charge in [-0.2, -0.15) is 4.98 Å². The number of halogens is 1. The number of anilines is 2. The predicted molar refractivity (Wildman–Crippen MR) is 95.7 cm³/mol. The van der Waals surface area contributed by atoms with Crippen LogP contribution < -0.4 is 19.3 Å². The van der Waals surface area contributed by atoms with E-state index in [0.29, 0.717) is 36.8 Å². The molecule has 0 aliphatic carbocycles. The van der Waals surface area contributed by atoms with E-state index in [2.05, 4.69) is 9.97 Å². The molecule has 0 unspecified atom stereocenters. The molecule has 8 heteroatoms. The van der Waals surface area contributed by atoms with E-state index in [4.69, 9.17) is 21.1 Å². The van der Waals surface area contributed by atoms with Gasteiger partial charge in [0.05, 0.1) is 20.4 Å². The van der Waals surface area contributed by atoms with E-state index >= 15 is 0 Å². The summed E-state index contributed by atoms with van der Waals surface area (Å²) >= 11 is 5.99. The highest BCUT2D eigenvalue weighted by molar-refractivity contribution is 6.28. The molecule has 1 aromatic heterocycles. The first-order valence-corrected chi connectivity index (χ1v) is 8.16. The highest BCUT2D eigenvalue weighted by Crippen LogP contribution is 2.33. The van der Waals surface area contributed by atoms with Gasteiger partial charge < -0.3 is 19.3 Å². The van der Waals surface area contributed by atoms with Crippen molar-refractivity contribution in [2.45, 2.75) is 13.0 Å². The van der Waals surface area contributed by atoms with Crippen molar-refractivity contribution in [3.8, 4) is 11.5 Å². The van der Waals surface area contributed by atoms with Gasteiger partial charge in [-0.05, 0) is 23.7 Å². The number of nitrogens with zero attached hydrogens (tertiary/aromatic N) is 4. The number of ether oxygens (including phenoxy) is 2. The van der Waals surface area contributed by atoms with Crippen molar-refractivity contribution in [3.05, 3.63) is 35.2 Å². The number of methoxy groups -OCH3 is 2. The van der Waals surface area contributed by atoms with Crippen LogP contribution in [-0.2, 0) is 11.3 Å². The number of hydrogen-bond donors (Lipinski definition) is 0. The highest BCUT2D eigenvalue weighted by Gasteiger charge is 2.26. The van der Waals surface area contributed by atoms with Crippen molar-refractivity contribution in [2.75, 3.05) is 37.6 Å². The third-order valence-electron chi connectivity index (χ3n) is 4.21. The van der Waals surface area contributed by atoms with Gasteiger partial charge in [-0.15, -0.1) is 0 Å². The van der Waals surface area contributed by atoms with Crippen molar-refractivity contribution < 1.29 is 14.3 Å². The van der Waals surface area contributed by atoms with E-state index in [1.54, 1.807) is 32.4 Å². The topological polar surface area (TPSA) is 67.8 Å². The van der Waals surface area contributed by atoms with E-state index < -0.39 is 0 Å². The van der Waals surface area contributed by atoms with Crippen molar-refractivity contribution in [2.24, 2.45) is 0 Å². The van der Waals surface area contributed by atoms with Crippen LogP contribution >= 0.6 is 11.6 Å². The molecule has 3 rings (SSSR count). The van der Waals surface area contributed by atoms with E-state index in [0.717, 1.165) is 11.3 Å². The van der Waals surface area contributed by atoms with Crippen molar-refractivity contribution in [3.63, 3.8) is 0 Å². The Morgan fingerprint density at radius 1 is 1.28 bits per heavy atom. The van der Waals surface area contributed by atoms with Crippen LogP contribution in [0.3, 0.4) is 0 Å². The average molecular weight is 363 g/mol. The largest absolute Gasteiger partial charge is 0.497 e. The second kappa shape index (κ2) is 7.14. The first-order valence-electron chi connectivity index (χ1n) is 7.78. The maximum Gasteiger partial charge on any atom is 0.228 e. The summed E-state index contributed by atoms with van der Waals surface area (Å²) in [6, 6.07) is 5.65. The van der Waals surface area contributed by atoms with Gasteiger partial charge >= 0.3 is 0 Å². The van der Waals surface area contributed by atoms with E-state index in [1.807, 2.05) is 23.1 Å². The monoisotopic (exact) mass is 362 g/mol. The molecule has 0 N–H and O–H groups in total. The fraction of sp³-hybridized carbons (Fsp3) is 0.353. The lowest BCUT2D eigenvalue weighted by atomic mass is 10.1. The maximum atomic E-state index is 12.2. The van der Waals surface area contributed by atoms with Crippen LogP contribution in [0.4, 0.5) is 11.5 Å². The normalized spacial score (nSPS) is 14.2. The van der Waals surface area contributed by atoms with Crippen molar-refractivity contribution in [1.82, 2.24) is 9.97 Å². The fourth-order valence-corrected chi connectivity index (χ4v) is 2.92. The zero-order valence-corrected chi connectivity index (χ0v) is 15.1. The van der Waals surface area contributed by atoms with E-state index in [9.17, 15) is 4.79 Å². The Bertz CT molecular complexity index is 799. The van der Waals surface area contributed by atoms with E-state index in [-0.39, 0.29) is 11.2 Å². The number of rotatable bonds is 4. The molecule has 0 radical (unpaired) electrons. The molecule has 0 fully saturated rings. The lowest BCUT2D eigenvalue weighted by Gasteiger charge is -2.24. The summed E-state index contributed by atoms with van der Waals surface area (Å²) in [7, 11) is 4.95. The second-order valence-electron chi connectivity index (χ2n) is 5.65. The Labute approximate surface area is 151 Å². The molecule has 1 aliphatic rings. The first-order chi connectivity index (χ1) is 12.0. The number of benzene rings is 1. The summed E-state index contributed by atoms with van der Waals surface area (Å²) in [6.45, 7) is 1.05. The Hall–Kier alpha value is -2.54. The number of carbonyl (C=O) groups is 1. The van der Waals surface area contributed by atoms with Crippen molar-refractivity contribution in [1.29, 1.82) is 0 Å². The molecule has 25 heavy (non-hydrogen) atoms. The van der Waals surface area contributed by atoms with Gasteiger partial charge in [0.2, 0.25) is 11.2 Å². The number of hydrogen-bond acceptors (Lipinski definition) is 6. The minimum absolute atomic E-state index is 0.0105. The third-order valence-corrected chi connectivity index (χ3v) is 4.39. The van der Waals surface area contributed by atoms with Gasteiger partial charge in [-0.25, -0.2) is 4.98 Å². The minimum atomic E-state index is 0.0105. The van der Waals surface area contributed by atoms with E-state index in [1.165, 1.54) is 0 Å². The summed E-state index contributed by atoms with van der Waals surface area (Å²) in [6.07, 6.45) is 1.95. The summed E-state index contributed by atoms with van der Waals surface area (Å²) in [5.41, 5.74) is 1.60. The molecule has 0 bridgehead atoms. The van der Waals surface area contributed by atoms with Gasteiger partial charge in [0.25, 0.3) is 0 Å². The second-order valence-corrected chi connectivity index (χ2v) is 5.99. The molecule has 1 aliphatic heterocycles. The maximum absolute atomic E-state index is 12.2. The van der Waals surface area contributed by atoms with Crippen LogP contribution in [0.15, 0.2) is 24.4 Å². The first kappa shape index (κ1) is 17.3. The SMILES string of the molecule is COc1ccc(CN2CCC(=O)N(C)c3cnc(Cl)nc32)c(OC)c1. The van der Waals surface area contributed by atoms with Crippen LogP contribution in [0.1, 0.15) is 12.0 Å². The van der Waals surface area contributed by atoms with Crippen LogP contribution in [-0.4, -0.2) is 43.7 Å². The lowest BCUT2D eigenvalue weighted by molar-refractivity contribution is -0.118. The number of carbonyl (C=O) groups excluding carboxylic acids is 1. The standard InChI is InChI=1S/C17H19ClN4O3/c1-21-13-9-19-17(18)20-16(13)22(7-6-15(21)23)10-11-4-5-12(24-2)8-14(11)25-3/h4-5,8-9H,6-7,10H2,1-3H3. The Balaban J connectivity index is 1.99. The van der Waals surface area contributed by atoms with Crippen molar-refractivity contribution >= 4 is 29.0 Å². The Morgan fingerprint density at radius 3 is 2.80 bits per heavy atom. The van der Waals surface area contributed by atoms with Gasteiger partial charge in [0, 0.05) is 38.2 Å². The Kier molecular flexibility index (Phi) is 4.94. The fourth-order valence-electron chi connectivity index (χ4n) is 2.80. The lowest BCUT2D eigenvalue weighted by Crippen LogP contribution is -2.26. The van der Waals surface area contributed by atoms with Gasteiger partial charge in [0.15, 0.2) is 5.82 Å². The molecule has 0 spiro atoms. The molecule has 0 saturated heterocycles. The van der Waals surface area contributed by atoms with Gasteiger partial charge in [0.1, 0.15) is 17.2 Å². The van der Waals surface area contributed by atoms with Gasteiger partial charge in [-0.1, -0.05) is 0 Å². The summed E-state index contributed by atoms with van der Waals surface area (Å²) in [4.78, 5) is 24.2. The molecule has 7 nitrogen and oxygen atoms in total. The minimum Gasteiger partial charge on any atom is -0.497 e. The molecule has 2 aromatic rings. The smallest absolute Gasteiger partial charge is 0.228 e. The molecule has 1 amide bonds. The molecular formula is C17H19ClN4O3. The molecule has 1 aromatic carbocycles.